The fourth-order valence-electron chi connectivity index (χ4n) is 3.23. The highest BCUT2D eigenvalue weighted by Crippen LogP contribution is 2.31. The number of nitrogens with zero attached hydrogens (tertiary/aromatic N) is 2. The Labute approximate surface area is 159 Å². The molecule has 1 amide bonds. The van der Waals surface area contributed by atoms with Crippen LogP contribution in [0, 0.1) is 0 Å². The van der Waals surface area contributed by atoms with Gasteiger partial charge in [0.25, 0.3) is 5.91 Å². The number of anilines is 1. The number of imidazole rings is 1. The zero-order valence-corrected chi connectivity index (χ0v) is 15.1. The minimum absolute atomic E-state index is 0.127. The number of thiophene rings is 1. The van der Waals surface area contributed by atoms with Crippen LogP contribution in [0.1, 0.15) is 9.67 Å². The van der Waals surface area contributed by atoms with Crippen LogP contribution >= 0.6 is 11.3 Å². The number of benzene rings is 2. The molecule has 0 fully saturated rings. The van der Waals surface area contributed by atoms with Gasteiger partial charge in [-0.1, -0.05) is 48.5 Å². The lowest BCUT2D eigenvalue weighted by molar-refractivity contribution is 0.103. The topological polar surface area (TPSA) is 46.4 Å². The first-order chi connectivity index (χ1) is 13.3. The first-order valence-electron chi connectivity index (χ1n) is 8.61. The summed E-state index contributed by atoms with van der Waals surface area (Å²) >= 11 is 1.42. The van der Waals surface area contributed by atoms with Gasteiger partial charge in [-0.2, -0.15) is 0 Å². The third-order valence-corrected chi connectivity index (χ3v) is 5.40. The molecule has 5 heteroatoms. The molecule has 1 N–H and O–H groups in total. The van der Waals surface area contributed by atoms with Crippen molar-refractivity contribution < 1.29 is 4.79 Å². The first kappa shape index (κ1) is 15.8. The van der Waals surface area contributed by atoms with Crippen LogP contribution in [-0.4, -0.2) is 15.3 Å². The maximum Gasteiger partial charge on any atom is 0.266 e. The van der Waals surface area contributed by atoms with Crippen molar-refractivity contribution in [1.82, 2.24) is 9.38 Å². The lowest BCUT2D eigenvalue weighted by atomic mass is 10.1. The molecule has 2 aromatic carbocycles. The van der Waals surface area contributed by atoms with Gasteiger partial charge < -0.3 is 5.32 Å². The van der Waals surface area contributed by atoms with E-state index in [0.717, 1.165) is 22.3 Å². The van der Waals surface area contributed by atoms with Gasteiger partial charge in [0.1, 0.15) is 17.2 Å². The third kappa shape index (κ3) is 2.78. The standard InChI is InChI=1S/C22H15N3OS/c26-22(18-8-5-13-27-18)24-21-20(23-19-9-3-4-12-25(19)21)17-11-10-15-6-1-2-7-16(15)14-17/h1-14H,(H,24,26). The fraction of sp³-hybridized carbons (Fsp3) is 0. The van der Waals surface area contributed by atoms with E-state index in [2.05, 4.69) is 29.6 Å². The molecule has 3 heterocycles. The molecule has 0 aliphatic rings. The predicted molar refractivity (Wildman–Crippen MR) is 110 cm³/mol. The van der Waals surface area contributed by atoms with Crippen LogP contribution in [0.2, 0.25) is 0 Å². The Balaban J connectivity index is 1.67. The minimum Gasteiger partial charge on any atom is -0.305 e. The van der Waals surface area contributed by atoms with Crippen molar-refractivity contribution in [1.29, 1.82) is 0 Å². The van der Waals surface area contributed by atoms with Crippen LogP contribution in [0.3, 0.4) is 0 Å². The number of amides is 1. The lowest BCUT2D eigenvalue weighted by Crippen LogP contribution is -2.12. The Hall–Kier alpha value is -3.44. The molecule has 5 aromatic rings. The fourth-order valence-corrected chi connectivity index (χ4v) is 3.85. The van der Waals surface area contributed by atoms with E-state index in [1.807, 2.05) is 64.5 Å². The molecule has 0 bridgehead atoms. The molecule has 27 heavy (non-hydrogen) atoms. The van der Waals surface area contributed by atoms with Crippen molar-refractivity contribution in [2.75, 3.05) is 5.32 Å². The Morgan fingerprint density at radius 2 is 1.78 bits per heavy atom. The number of carbonyl (C=O) groups is 1. The molecular weight excluding hydrogens is 354 g/mol. The first-order valence-corrected chi connectivity index (χ1v) is 9.49. The van der Waals surface area contributed by atoms with Gasteiger partial charge in [-0.15, -0.1) is 11.3 Å². The average molecular weight is 369 g/mol. The summed E-state index contributed by atoms with van der Waals surface area (Å²) in [6.45, 7) is 0. The second-order valence-electron chi connectivity index (χ2n) is 6.23. The van der Waals surface area contributed by atoms with Crippen LogP contribution < -0.4 is 5.32 Å². The number of hydrogen-bond acceptors (Lipinski definition) is 3. The van der Waals surface area contributed by atoms with E-state index in [0.29, 0.717) is 10.7 Å². The van der Waals surface area contributed by atoms with E-state index in [4.69, 9.17) is 4.98 Å². The van der Waals surface area contributed by atoms with Crippen molar-refractivity contribution in [2.24, 2.45) is 0 Å². The second kappa shape index (κ2) is 6.37. The SMILES string of the molecule is O=C(Nc1c(-c2ccc3ccccc3c2)nc2ccccn12)c1cccs1. The van der Waals surface area contributed by atoms with Gasteiger partial charge in [-0.25, -0.2) is 4.98 Å². The Bertz CT molecular complexity index is 1270. The summed E-state index contributed by atoms with van der Waals surface area (Å²) in [6.07, 6.45) is 1.91. The summed E-state index contributed by atoms with van der Waals surface area (Å²) in [5.41, 5.74) is 2.53. The molecule has 0 spiro atoms. The van der Waals surface area contributed by atoms with E-state index in [1.165, 1.54) is 16.7 Å². The zero-order chi connectivity index (χ0) is 18.2. The summed E-state index contributed by atoms with van der Waals surface area (Å²) < 4.78 is 1.91. The highest BCUT2D eigenvalue weighted by atomic mass is 32.1. The number of hydrogen-bond donors (Lipinski definition) is 1. The Morgan fingerprint density at radius 3 is 2.63 bits per heavy atom. The lowest BCUT2D eigenvalue weighted by Gasteiger charge is -2.08. The van der Waals surface area contributed by atoms with Crippen molar-refractivity contribution in [3.8, 4) is 11.3 Å². The number of carbonyl (C=O) groups excluding carboxylic acids is 1. The Kier molecular flexibility index (Phi) is 3.73. The molecule has 0 aliphatic carbocycles. The van der Waals surface area contributed by atoms with E-state index in [1.54, 1.807) is 0 Å². The predicted octanol–water partition coefficient (Wildman–Crippen LogP) is 5.47. The highest BCUT2D eigenvalue weighted by Gasteiger charge is 2.17. The van der Waals surface area contributed by atoms with E-state index >= 15 is 0 Å². The van der Waals surface area contributed by atoms with Crippen molar-refractivity contribution >= 4 is 39.5 Å². The minimum atomic E-state index is -0.127. The molecule has 3 aromatic heterocycles. The highest BCUT2D eigenvalue weighted by molar-refractivity contribution is 7.12. The summed E-state index contributed by atoms with van der Waals surface area (Å²) in [5, 5.41) is 7.27. The number of fused-ring (bicyclic) bond motifs is 2. The molecule has 0 radical (unpaired) electrons. The third-order valence-electron chi connectivity index (χ3n) is 4.53. The maximum absolute atomic E-state index is 12.7. The molecule has 130 valence electrons. The van der Waals surface area contributed by atoms with Crippen molar-refractivity contribution in [2.45, 2.75) is 0 Å². The van der Waals surface area contributed by atoms with Crippen LogP contribution in [0.25, 0.3) is 27.7 Å². The summed E-state index contributed by atoms with van der Waals surface area (Å²) in [5.74, 6) is 0.553. The summed E-state index contributed by atoms with van der Waals surface area (Å²) in [4.78, 5) is 18.1. The molecule has 0 saturated carbocycles. The number of rotatable bonds is 3. The van der Waals surface area contributed by atoms with E-state index in [9.17, 15) is 4.79 Å². The van der Waals surface area contributed by atoms with E-state index < -0.39 is 0 Å². The Morgan fingerprint density at radius 1 is 0.926 bits per heavy atom. The monoisotopic (exact) mass is 369 g/mol. The molecule has 4 nitrogen and oxygen atoms in total. The van der Waals surface area contributed by atoms with Crippen LogP contribution in [0.5, 0.6) is 0 Å². The summed E-state index contributed by atoms with van der Waals surface area (Å²) in [6, 6.07) is 24.0. The summed E-state index contributed by atoms with van der Waals surface area (Å²) in [7, 11) is 0. The van der Waals surface area contributed by atoms with Crippen molar-refractivity contribution in [3.05, 3.63) is 89.3 Å². The van der Waals surface area contributed by atoms with E-state index in [-0.39, 0.29) is 5.91 Å². The zero-order valence-electron chi connectivity index (χ0n) is 14.3. The van der Waals surface area contributed by atoms with Gasteiger partial charge in [-0.05, 0) is 40.4 Å². The van der Waals surface area contributed by atoms with Crippen LogP contribution in [-0.2, 0) is 0 Å². The smallest absolute Gasteiger partial charge is 0.266 e. The normalized spacial score (nSPS) is 11.1. The largest absolute Gasteiger partial charge is 0.305 e. The molecule has 0 aliphatic heterocycles. The molecule has 5 rings (SSSR count). The van der Waals surface area contributed by atoms with Crippen molar-refractivity contribution in [3.63, 3.8) is 0 Å². The number of nitrogens with one attached hydrogen (secondary N) is 1. The molecule has 0 atom stereocenters. The van der Waals surface area contributed by atoms with Crippen LogP contribution in [0.4, 0.5) is 5.82 Å². The number of pyridine rings is 1. The van der Waals surface area contributed by atoms with Gasteiger partial charge in [0.05, 0.1) is 4.88 Å². The van der Waals surface area contributed by atoms with Gasteiger partial charge in [0.15, 0.2) is 0 Å². The quantitative estimate of drug-likeness (QED) is 0.458. The second-order valence-corrected chi connectivity index (χ2v) is 7.18. The van der Waals surface area contributed by atoms with Gasteiger partial charge in [0, 0.05) is 11.8 Å². The molecular formula is C22H15N3OS. The van der Waals surface area contributed by atoms with Gasteiger partial charge >= 0.3 is 0 Å². The number of aromatic nitrogens is 2. The van der Waals surface area contributed by atoms with Gasteiger partial charge in [-0.3, -0.25) is 9.20 Å². The molecule has 0 unspecified atom stereocenters. The molecule has 0 saturated heterocycles. The maximum atomic E-state index is 12.7. The van der Waals surface area contributed by atoms with Crippen LogP contribution in [0.15, 0.2) is 84.4 Å². The average Bonchev–Trinajstić information content (AvgIpc) is 3.36. The van der Waals surface area contributed by atoms with Gasteiger partial charge in [0.2, 0.25) is 0 Å².